The highest BCUT2D eigenvalue weighted by Crippen LogP contribution is 1.89. The van der Waals surface area contributed by atoms with Crippen molar-refractivity contribution in [1.82, 2.24) is 5.32 Å². The highest BCUT2D eigenvalue weighted by molar-refractivity contribution is 5.94. The number of amides is 3. The third-order valence-corrected chi connectivity index (χ3v) is 1.07. The number of carbonyl (C=O) groups is 3. The minimum absolute atomic E-state index is 0.517. The summed E-state index contributed by atoms with van der Waals surface area (Å²) in [5.41, 5.74) is 4.62. The van der Waals surface area contributed by atoms with Crippen LogP contribution in [0.3, 0.4) is 0 Å². The minimum Gasteiger partial charge on any atom is -0.479 e. The van der Waals surface area contributed by atoms with E-state index in [0.29, 0.717) is 0 Å². The lowest BCUT2D eigenvalue weighted by Gasteiger charge is -2.06. The summed E-state index contributed by atoms with van der Waals surface area (Å²) in [5, 5.41) is 10.0. The molecular formula is C6H10N2O5. The SMILES string of the molecule is C[C@H](OCC(=O)NC(N)=O)C(=O)O. The number of aliphatic carboxylic acids is 1. The number of carboxylic acids is 1. The molecule has 0 heterocycles. The van der Waals surface area contributed by atoms with E-state index < -0.39 is 30.6 Å². The van der Waals surface area contributed by atoms with Gasteiger partial charge in [-0.05, 0) is 6.92 Å². The smallest absolute Gasteiger partial charge is 0.332 e. The van der Waals surface area contributed by atoms with Crippen LogP contribution in [0.4, 0.5) is 4.79 Å². The molecule has 74 valence electrons. The zero-order valence-electron chi connectivity index (χ0n) is 6.94. The Hall–Kier alpha value is -1.63. The lowest BCUT2D eigenvalue weighted by atomic mass is 10.4. The Morgan fingerprint density at radius 2 is 2.08 bits per heavy atom. The summed E-state index contributed by atoms with van der Waals surface area (Å²) in [7, 11) is 0. The number of urea groups is 1. The van der Waals surface area contributed by atoms with Gasteiger partial charge in [-0.3, -0.25) is 10.1 Å². The molecule has 4 N–H and O–H groups in total. The van der Waals surface area contributed by atoms with Gasteiger partial charge in [0.2, 0.25) is 0 Å². The molecular weight excluding hydrogens is 180 g/mol. The first-order chi connectivity index (χ1) is 5.93. The summed E-state index contributed by atoms with van der Waals surface area (Å²) in [6.07, 6.45) is -1.10. The number of nitrogens with one attached hydrogen (secondary N) is 1. The van der Waals surface area contributed by atoms with Gasteiger partial charge in [-0.15, -0.1) is 0 Å². The first kappa shape index (κ1) is 11.4. The molecule has 0 saturated carbocycles. The van der Waals surface area contributed by atoms with Crippen LogP contribution in [0.5, 0.6) is 0 Å². The van der Waals surface area contributed by atoms with Gasteiger partial charge in [0.25, 0.3) is 5.91 Å². The molecule has 0 fully saturated rings. The van der Waals surface area contributed by atoms with Gasteiger partial charge in [-0.2, -0.15) is 0 Å². The fourth-order valence-corrected chi connectivity index (χ4v) is 0.445. The molecule has 0 aliphatic carbocycles. The molecule has 0 saturated heterocycles. The summed E-state index contributed by atoms with van der Waals surface area (Å²) >= 11 is 0. The number of primary amides is 1. The van der Waals surface area contributed by atoms with E-state index in [1.54, 1.807) is 5.32 Å². The molecule has 13 heavy (non-hydrogen) atoms. The number of nitrogens with two attached hydrogens (primary N) is 1. The maximum atomic E-state index is 10.7. The van der Waals surface area contributed by atoms with E-state index in [1.807, 2.05) is 0 Å². The first-order valence-corrected chi connectivity index (χ1v) is 3.37. The number of ether oxygens (including phenoxy) is 1. The monoisotopic (exact) mass is 190 g/mol. The molecule has 7 heteroatoms. The van der Waals surface area contributed by atoms with Crippen molar-refractivity contribution in [1.29, 1.82) is 0 Å². The predicted molar refractivity (Wildman–Crippen MR) is 40.8 cm³/mol. The third kappa shape index (κ3) is 5.62. The first-order valence-electron chi connectivity index (χ1n) is 3.37. The van der Waals surface area contributed by atoms with Crippen LogP contribution in [-0.2, 0) is 14.3 Å². The van der Waals surface area contributed by atoms with Gasteiger partial charge < -0.3 is 15.6 Å². The molecule has 0 radical (unpaired) electrons. The molecule has 0 aliphatic heterocycles. The zero-order valence-corrected chi connectivity index (χ0v) is 6.94. The molecule has 0 aliphatic rings. The Morgan fingerprint density at radius 1 is 1.54 bits per heavy atom. The van der Waals surface area contributed by atoms with Gasteiger partial charge in [-0.1, -0.05) is 0 Å². The number of imide groups is 1. The van der Waals surface area contributed by atoms with E-state index >= 15 is 0 Å². The Kier molecular flexibility index (Phi) is 4.45. The van der Waals surface area contributed by atoms with Gasteiger partial charge in [-0.25, -0.2) is 9.59 Å². The Bertz CT molecular complexity index is 227. The predicted octanol–water partition coefficient (Wildman–Crippen LogP) is -1.33. The van der Waals surface area contributed by atoms with Crippen molar-refractivity contribution in [2.24, 2.45) is 5.73 Å². The van der Waals surface area contributed by atoms with Gasteiger partial charge in [0.15, 0.2) is 6.10 Å². The van der Waals surface area contributed by atoms with Crippen molar-refractivity contribution in [2.75, 3.05) is 6.61 Å². The summed E-state index contributed by atoms with van der Waals surface area (Å²) in [6.45, 7) is 0.746. The molecule has 3 amide bonds. The maximum absolute atomic E-state index is 10.7. The number of hydrogen-bond donors (Lipinski definition) is 3. The Balaban J connectivity index is 3.70. The maximum Gasteiger partial charge on any atom is 0.332 e. The van der Waals surface area contributed by atoms with Crippen molar-refractivity contribution in [3.63, 3.8) is 0 Å². The van der Waals surface area contributed by atoms with Gasteiger partial charge in [0.05, 0.1) is 0 Å². The summed E-state index contributed by atoms with van der Waals surface area (Å²) in [5.74, 6) is -1.97. The van der Waals surface area contributed by atoms with Crippen LogP contribution in [0.15, 0.2) is 0 Å². The summed E-state index contributed by atoms with van der Waals surface area (Å²) in [4.78, 5) is 30.9. The van der Waals surface area contributed by atoms with Crippen molar-refractivity contribution >= 4 is 17.9 Å². The quantitative estimate of drug-likeness (QED) is 0.507. The van der Waals surface area contributed by atoms with Crippen LogP contribution in [-0.4, -0.2) is 35.7 Å². The molecule has 0 aromatic carbocycles. The van der Waals surface area contributed by atoms with E-state index in [-0.39, 0.29) is 0 Å². The molecule has 0 aromatic heterocycles. The van der Waals surface area contributed by atoms with Crippen molar-refractivity contribution in [2.45, 2.75) is 13.0 Å². The van der Waals surface area contributed by atoms with Gasteiger partial charge >= 0.3 is 12.0 Å². The largest absolute Gasteiger partial charge is 0.479 e. The molecule has 0 rings (SSSR count). The van der Waals surface area contributed by atoms with E-state index in [1.165, 1.54) is 6.92 Å². The summed E-state index contributed by atoms with van der Waals surface area (Å²) in [6, 6.07) is -1.00. The lowest BCUT2D eigenvalue weighted by molar-refractivity contribution is -0.150. The third-order valence-electron chi connectivity index (χ3n) is 1.07. The highest BCUT2D eigenvalue weighted by atomic mass is 16.5. The number of rotatable bonds is 4. The van der Waals surface area contributed by atoms with Crippen LogP contribution >= 0.6 is 0 Å². The molecule has 0 spiro atoms. The number of carbonyl (C=O) groups excluding carboxylic acids is 2. The van der Waals surface area contributed by atoms with Crippen LogP contribution in [0.1, 0.15) is 6.92 Å². The second kappa shape index (κ2) is 5.09. The van der Waals surface area contributed by atoms with E-state index in [2.05, 4.69) is 10.5 Å². The molecule has 0 bridgehead atoms. The number of carboxylic acid groups (broad SMARTS) is 1. The highest BCUT2D eigenvalue weighted by Gasteiger charge is 2.13. The fraction of sp³-hybridized carbons (Fsp3) is 0.500. The van der Waals surface area contributed by atoms with Crippen LogP contribution in [0.2, 0.25) is 0 Å². The number of hydrogen-bond acceptors (Lipinski definition) is 4. The van der Waals surface area contributed by atoms with Crippen LogP contribution in [0.25, 0.3) is 0 Å². The second-order valence-electron chi connectivity index (χ2n) is 2.20. The molecule has 0 unspecified atom stereocenters. The molecule has 0 aromatic rings. The topological polar surface area (TPSA) is 119 Å². The lowest BCUT2D eigenvalue weighted by Crippen LogP contribution is -2.38. The Labute approximate surface area is 73.8 Å². The normalized spacial score (nSPS) is 11.8. The van der Waals surface area contributed by atoms with Gasteiger partial charge in [0, 0.05) is 0 Å². The average Bonchev–Trinajstić information content (AvgIpc) is 1.98. The second-order valence-corrected chi connectivity index (χ2v) is 2.20. The van der Waals surface area contributed by atoms with E-state index in [0.717, 1.165) is 0 Å². The minimum atomic E-state index is -1.19. The van der Waals surface area contributed by atoms with Crippen molar-refractivity contribution in [3.05, 3.63) is 0 Å². The fourth-order valence-electron chi connectivity index (χ4n) is 0.445. The standard InChI is InChI=1S/C6H10N2O5/c1-3(5(10)11)13-2-4(9)8-6(7)12/h3H,2H2,1H3,(H,10,11)(H3,7,8,9,12)/t3-/m0/s1. The van der Waals surface area contributed by atoms with Crippen molar-refractivity contribution in [3.8, 4) is 0 Å². The van der Waals surface area contributed by atoms with Crippen LogP contribution in [0, 0.1) is 0 Å². The van der Waals surface area contributed by atoms with Crippen molar-refractivity contribution < 1.29 is 24.2 Å². The Morgan fingerprint density at radius 3 is 2.46 bits per heavy atom. The summed E-state index contributed by atoms with van der Waals surface area (Å²) < 4.78 is 4.55. The van der Waals surface area contributed by atoms with Crippen LogP contribution < -0.4 is 11.1 Å². The van der Waals surface area contributed by atoms with Gasteiger partial charge in [0.1, 0.15) is 6.61 Å². The molecule has 7 nitrogen and oxygen atoms in total. The van der Waals surface area contributed by atoms with E-state index in [4.69, 9.17) is 5.11 Å². The van der Waals surface area contributed by atoms with E-state index in [9.17, 15) is 14.4 Å². The zero-order chi connectivity index (χ0) is 10.4. The average molecular weight is 190 g/mol. The molecule has 1 atom stereocenters.